The molecule has 3 aromatic rings. The van der Waals surface area contributed by atoms with Gasteiger partial charge >= 0.3 is 0 Å². The summed E-state index contributed by atoms with van der Waals surface area (Å²) in [7, 11) is -2.28. The SMILES string of the molecule is CN(c1cccc(C(=O)Nc2ccc(CC#N)cc2)c1)S(=O)(=O)c1ccccc1. The largest absolute Gasteiger partial charge is 0.322 e. The number of carbonyl (C=O) groups excluding carboxylic acids is 1. The summed E-state index contributed by atoms with van der Waals surface area (Å²) in [5, 5.41) is 11.5. The van der Waals surface area contributed by atoms with Gasteiger partial charge in [-0.25, -0.2) is 8.42 Å². The van der Waals surface area contributed by atoms with Crippen molar-refractivity contribution in [3.05, 3.63) is 90.0 Å². The first-order chi connectivity index (χ1) is 13.9. The van der Waals surface area contributed by atoms with E-state index in [1.807, 2.05) is 0 Å². The van der Waals surface area contributed by atoms with Crippen molar-refractivity contribution >= 4 is 27.3 Å². The van der Waals surface area contributed by atoms with Crippen molar-refractivity contribution in [3.63, 3.8) is 0 Å². The number of rotatable bonds is 6. The van der Waals surface area contributed by atoms with E-state index in [4.69, 9.17) is 5.26 Å². The molecule has 0 saturated heterocycles. The van der Waals surface area contributed by atoms with Gasteiger partial charge in [-0.15, -0.1) is 0 Å². The van der Waals surface area contributed by atoms with Gasteiger partial charge in [0.1, 0.15) is 0 Å². The van der Waals surface area contributed by atoms with Crippen LogP contribution >= 0.6 is 0 Å². The molecular weight excluding hydrogens is 386 g/mol. The third-order valence-electron chi connectivity index (χ3n) is 4.37. The smallest absolute Gasteiger partial charge is 0.264 e. The average molecular weight is 405 g/mol. The summed E-state index contributed by atoms with van der Waals surface area (Å²) in [6, 6.07) is 23.6. The van der Waals surface area contributed by atoms with Crippen LogP contribution in [0.2, 0.25) is 0 Å². The standard InChI is InChI=1S/C22H19N3O3S/c1-25(29(27,28)21-8-3-2-4-9-21)20-7-5-6-18(16-20)22(26)24-19-12-10-17(11-13-19)14-15-23/h2-13,16H,14H2,1H3,(H,24,26). The van der Waals surface area contributed by atoms with E-state index in [1.54, 1.807) is 60.7 Å². The van der Waals surface area contributed by atoms with Crippen LogP contribution in [0.4, 0.5) is 11.4 Å². The van der Waals surface area contributed by atoms with Crippen LogP contribution in [0.1, 0.15) is 15.9 Å². The number of carbonyl (C=O) groups is 1. The first-order valence-electron chi connectivity index (χ1n) is 8.83. The van der Waals surface area contributed by atoms with Crippen molar-refractivity contribution in [1.82, 2.24) is 0 Å². The zero-order chi connectivity index (χ0) is 20.9. The van der Waals surface area contributed by atoms with Gasteiger partial charge in [0.05, 0.1) is 23.1 Å². The molecule has 1 amide bonds. The lowest BCUT2D eigenvalue weighted by Crippen LogP contribution is -2.26. The number of nitrogens with one attached hydrogen (secondary N) is 1. The number of amides is 1. The van der Waals surface area contributed by atoms with Crippen LogP contribution < -0.4 is 9.62 Å². The minimum Gasteiger partial charge on any atom is -0.322 e. The van der Waals surface area contributed by atoms with E-state index in [0.717, 1.165) is 9.87 Å². The highest BCUT2D eigenvalue weighted by atomic mass is 32.2. The van der Waals surface area contributed by atoms with Crippen LogP contribution in [0.25, 0.3) is 0 Å². The number of nitrogens with zero attached hydrogens (tertiary/aromatic N) is 2. The predicted octanol–water partition coefficient (Wildman–Crippen LogP) is 3.83. The molecule has 146 valence electrons. The molecule has 0 fully saturated rings. The Morgan fingerprint density at radius 2 is 1.69 bits per heavy atom. The Morgan fingerprint density at radius 1 is 1.00 bits per heavy atom. The number of hydrogen-bond acceptors (Lipinski definition) is 4. The molecule has 1 N–H and O–H groups in total. The first kappa shape index (κ1) is 20.1. The number of anilines is 2. The Kier molecular flexibility index (Phi) is 5.96. The van der Waals surface area contributed by atoms with Crippen molar-refractivity contribution in [2.75, 3.05) is 16.7 Å². The van der Waals surface area contributed by atoms with Gasteiger partial charge in [0.2, 0.25) is 0 Å². The lowest BCUT2D eigenvalue weighted by Gasteiger charge is -2.20. The molecule has 6 nitrogen and oxygen atoms in total. The number of sulfonamides is 1. The van der Waals surface area contributed by atoms with E-state index in [2.05, 4.69) is 11.4 Å². The first-order valence-corrected chi connectivity index (χ1v) is 10.3. The molecule has 3 aromatic carbocycles. The van der Waals surface area contributed by atoms with Gasteiger partial charge in [0, 0.05) is 18.3 Å². The van der Waals surface area contributed by atoms with Gasteiger partial charge in [-0.2, -0.15) is 5.26 Å². The van der Waals surface area contributed by atoms with Crippen LogP contribution in [-0.4, -0.2) is 21.4 Å². The molecule has 0 spiro atoms. The van der Waals surface area contributed by atoms with Crippen molar-refractivity contribution < 1.29 is 13.2 Å². The molecule has 0 unspecified atom stereocenters. The highest BCUT2D eigenvalue weighted by molar-refractivity contribution is 7.92. The Hall–Kier alpha value is -3.63. The fraction of sp³-hybridized carbons (Fsp3) is 0.0909. The maximum Gasteiger partial charge on any atom is 0.264 e. The summed E-state index contributed by atoms with van der Waals surface area (Å²) in [4.78, 5) is 12.8. The zero-order valence-electron chi connectivity index (χ0n) is 15.7. The minimum absolute atomic E-state index is 0.176. The van der Waals surface area contributed by atoms with E-state index >= 15 is 0 Å². The molecule has 0 atom stereocenters. The summed E-state index contributed by atoms with van der Waals surface area (Å²) in [6.07, 6.45) is 0.304. The Balaban J connectivity index is 1.80. The summed E-state index contributed by atoms with van der Waals surface area (Å²) in [6.45, 7) is 0. The lowest BCUT2D eigenvalue weighted by atomic mass is 10.1. The van der Waals surface area contributed by atoms with Gasteiger partial charge in [0.15, 0.2) is 0 Å². The van der Waals surface area contributed by atoms with Crippen LogP contribution in [0.3, 0.4) is 0 Å². The van der Waals surface area contributed by atoms with Crippen molar-refractivity contribution in [3.8, 4) is 6.07 Å². The second-order valence-corrected chi connectivity index (χ2v) is 8.29. The van der Waals surface area contributed by atoms with Crippen LogP contribution in [0, 0.1) is 11.3 Å². The molecule has 0 radical (unpaired) electrons. The summed E-state index contributed by atoms with van der Waals surface area (Å²) < 4.78 is 26.7. The predicted molar refractivity (Wildman–Crippen MR) is 112 cm³/mol. The van der Waals surface area contributed by atoms with Gasteiger partial charge in [0.25, 0.3) is 15.9 Å². The van der Waals surface area contributed by atoms with E-state index in [9.17, 15) is 13.2 Å². The minimum atomic E-state index is -3.73. The van der Waals surface area contributed by atoms with Crippen molar-refractivity contribution in [2.24, 2.45) is 0 Å². The quantitative estimate of drug-likeness (QED) is 0.675. The number of hydrogen-bond donors (Lipinski definition) is 1. The van der Waals surface area contributed by atoms with Gasteiger partial charge in [-0.05, 0) is 48.0 Å². The highest BCUT2D eigenvalue weighted by Gasteiger charge is 2.21. The molecule has 29 heavy (non-hydrogen) atoms. The third kappa shape index (κ3) is 4.62. The summed E-state index contributed by atoms with van der Waals surface area (Å²) in [5.74, 6) is -0.356. The number of benzene rings is 3. The fourth-order valence-corrected chi connectivity index (χ4v) is 3.94. The molecule has 7 heteroatoms. The molecule has 0 aliphatic rings. The monoisotopic (exact) mass is 405 g/mol. The normalized spacial score (nSPS) is 10.8. The Labute approximate surface area is 170 Å². The van der Waals surface area contributed by atoms with Gasteiger partial charge in [-0.3, -0.25) is 9.10 Å². The number of nitriles is 1. The van der Waals surface area contributed by atoms with E-state index < -0.39 is 10.0 Å². The van der Waals surface area contributed by atoms with Crippen molar-refractivity contribution in [1.29, 1.82) is 5.26 Å². The molecule has 3 rings (SSSR count). The fourth-order valence-electron chi connectivity index (χ4n) is 2.73. The molecule has 0 aromatic heterocycles. The maximum atomic E-state index is 12.8. The summed E-state index contributed by atoms with van der Waals surface area (Å²) in [5.41, 5.74) is 2.16. The van der Waals surface area contributed by atoms with E-state index in [1.165, 1.54) is 25.2 Å². The molecular formula is C22H19N3O3S. The molecule has 0 saturated carbocycles. The molecule has 0 heterocycles. The lowest BCUT2D eigenvalue weighted by molar-refractivity contribution is 0.102. The Morgan fingerprint density at radius 3 is 2.34 bits per heavy atom. The van der Waals surface area contributed by atoms with Gasteiger partial charge in [-0.1, -0.05) is 36.4 Å². The van der Waals surface area contributed by atoms with Gasteiger partial charge < -0.3 is 5.32 Å². The molecule has 0 aliphatic carbocycles. The molecule has 0 bridgehead atoms. The maximum absolute atomic E-state index is 12.8. The van der Waals surface area contributed by atoms with Crippen LogP contribution in [0.5, 0.6) is 0 Å². The van der Waals surface area contributed by atoms with E-state index in [0.29, 0.717) is 23.4 Å². The van der Waals surface area contributed by atoms with Crippen LogP contribution in [-0.2, 0) is 16.4 Å². The second kappa shape index (κ2) is 8.59. The zero-order valence-corrected chi connectivity index (χ0v) is 16.6. The third-order valence-corrected chi connectivity index (χ3v) is 6.17. The highest BCUT2D eigenvalue weighted by Crippen LogP contribution is 2.23. The Bertz CT molecular complexity index is 1150. The second-order valence-electron chi connectivity index (χ2n) is 6.32. The topological polar surface area (TPSA) is 90.3 Å². The summed E-state index contributed by atoms with van der Waals surface area (Å²) >= 11 is 0. The van der Waals surface area contributed by atoms with Crippen molar-refractivity contribution in [2.45, 2.75) is 11.3 Å². The van der Waals surface area contributed by atoms with Crippen LogP contribution in [0.15, 0.2) is 83.8 Å². The molecule has 0 aliphatic heterocycles. The van der Waals surface area contributed by atoms with E-state index in [-0.39, 0.29) is 10.8 Å². The average Bonchev–Trinajstić information content (AvgIpc) is 2.75.